The number of carbonyl (C=O) groups is 2. The van der Waals surface area contributed by atoms with Crippen molar-refractivity contribution in [2.75, 3.05) is 0 Å². The van der Waals surface area contributed by atoms with Gasteiger partial charge in [0.15, 0.2) is 0 Å². The molecule has 38 heavy (non-hydrogen) atoms. The van der Waals surface area contributed by atoms with Gasteiger partial charge in [0.25, 0.3) is 0 Å². The van der Waals surface area contributed by atoms with Crippen LogP contribution in [0.1, 0.15) is 68.2 Å². The summed E-state index contributed by atoms with van der Waals surface area (Å²) < 4.78 is 30.1. The Morgan fingerprint density at radius 1 is 0.579 bits per heavy atom. The number of ketones is 2. The highest BCUT2D eigenvalue weighted by Gasteiger charge is 2.64. The summed E-state index contributed by atoms with van der Waals surface area (Å²) in [5.41, 5.74) is 0. The number of hydrogen-bond donors (Lipinski definition) is 0. The summed E-state index contributed by atoms with van der Waals surface area (Å²) in [4.78, 5) is 27.2. The third-order valence-corrected chi connectivity index (χ3v) is 22.5. The monoisotopic (exact) mass is 590 g/mol. The molecule has 2 fully saturated rings. The van der Waals surface area contributed by atoms with Crippen molar-refractivity contribution in [2.24, 2.45) is 0 Å². The minimum absolute atomic E-state index is 0.0625. The Kier molecular flexibility index (Phi) is 7.71. The van der Waals surface area contributed by atoms with Crippen LogP contribution in [0.3, 0.4) is 0 Å². The van der Waals surface area contributed by atoms with Crippen molar-refractivity contribution >= 4 is 58.0 Å². The normalized spacial score (nSPS) is 33.6. The number of Topliss-reactive ketones (excluding diaryl/α,β-unsaturated/α-hetero) is 2. The van der Waals surface area contributed by atoms with Gasteiger partial charge in [0.2, 0.25) is 0 Å². The Morgan fingerprint density at radius 3 is 1.16 bits per heavy atom. The Morgan fingerprint density at radius 2 is 0.868 bits per heavy atom. The molecule has 0 aliphatic carbocycles. The standard InChI is InChI=1S/C30H40O4P2S2/c1-27(2)19-23(31)25(29(5,6)35(27,33)21-15-11-9-12-16-21)37-38-26-24(32)20-28(3,4)36(34,30(26,7)8)22-17-13-10-14-18-22/h9-18,25-26H,19-20H2,1-8H3. The van der Waals surface area contributed by atoms with Crippen LogP contribution >= 0.6 is 35.9 Å². The lowest BCUT2D eigenvalue weighted by molar-refractivity contribution is -0.120. The van der Waals surface area contributed by atoms with E-state index in [1.807, 2.05) is 116 Å². The maximum atomic E-state index is 15.0. The zero-order valence-electron chi connectivity index (χ0n) is 23.7. The largest absolute Gasteiger partial charge is 0.317 e. The van der Waals surface area contributed by atoms with Gasteiger partial charge in [-0.2, -0.15) is 0 Å². The van der Waals surface area contributed by atoms with Crippen LogP contribution in [-0.4, -0.2) is 42.7 Å². The average molecular weight is 591 g/mol. The predicted molar refractivity (Wildman–Crippen MR) is 166 cm³/mol. The minimum Gasteiger partial charge on any atom is -0.317 e. The van der Waals surface area contributed by atoms with E-state index >= 15 is 9.13 Å². The molecule has 0 amide bonds. The number of benzene rings is 2. The quantitative estimate of drug-likeness (QED) is 0.265. The maximum absolute atomic E-state index is 15.0. The highest BCUT2D eigenvalue weighted by Crippen LogP contribution is 2.75. The van der Waals surface area contributed by atoms with Crippen LogP contribution in [0.15, 0.2) is 60.7 Å². The molecule has 0 radical (unpaired) electrons. The van der Waals surface area contributed by atoms with Gasteiger partial charge in [-0.1, -0.05) is 138 Å². The number of hydrogen-bond acceptors (Lipinski definition) is 6. The molecular weight excluding hydrogens is 550 g/mol. The van der Waals surface area contributed by atoms with Gasteiger partial charge >= 0.3 is 0 Å². The molecule has 0 N–H and O–H groups in total. The summed E-state index contributed by atoms with van der Waals surface area (Å²) in [5.74, 6) is 0.125. The maximum Gasteiger partial charge on any atom is 0.148 e. The lowest BCUT2D eigenvalue weighted by Crippen LogP contribution is -2.55. The summed E-state index contributed by atoms with van der Waals surface area (Å²) >= 11 is 0. The molecule has 2 aromatic rings. The molecule has 2 saturated heterocycles. The molecule has 2 heterocycles. The molecular formula is C30H40O4P2S2. The van der Waals surface area contributed by atoms with Gasteiger partial charge in [0, 0.05) is 44.1 Å². The summed E-state index contributed by atoms with van der Waals surface area (Å²) in [7, 11) is -3.40. The highest BCUT2D eigenvalue weighted by molar-refractivity contribution is 8.77. The molecule has 4 atom stereocenters. The second kappa shape index (κ2) is 9.79. The van der Waals surface area contributed by atoms with Gasteiger partial charge < -0.3 is 9.13 Å². The smallest absolute Gasteiger partial charge is 0.148 e. The predicted octanol–water partition coefficient (Wildman–Crippen LogP) is 7.54. The molecule has 0 aromatic heterocycles. The van der Waals surface area contributed by atoms with Crippen LogP contribution in [0.5, 0.6) is 0 Å². The summed E-state index contributed by atoms with van der Waals surface area (Å²) in [6.45, 7) is 15.6. The number of rotatable bonds is 5. The first-order valence-electron chi connectivity index (χ1n) is 13.1. The van der Waals surface area contributed by atoms with E-state index in [2.05, 4.69) is 0 Å². The van der Waals surface area contributed by atoms with Gasteiger partial charge in [0.1, 0.15) is 25.9 Å². The van der Waals surface area contributed by atoms with Gasteiger partial charge in [-0.25, -0.2) is 0 Å². The number of carbonyl (C=O) groups excluding carboxylic acids is 2. The highest BCUT2D eigenvalue weighted by atomic mass is 33.1. The first-order valence-corrected chi connectivity index (χ1v) is 18.8. The van der Waals surface area contributed by atoms with E-state index < -0.39 is 45.4 Å². The van der Waals surface area contributed by atoms with Crippen molar-refractivity contribution < 1.29 is 18.7 Å². The Hall–Kier alpha value is -1.06. The Balaban J connectivity index is 1.72. The van der Waals surface area contributed by atoms with Crippen molar-refractivity contribution in [3.63, 3.8) is 0 Å². The van der Waals surface area contributed by atoms with Crippen molar-refractivity contribution in [1.82, 2.24) is 0 Å². The molecule has 2 aliphatic heterocycles. The van der Waals surface area contributed by atoms with E-state index in [1.165, 1.54) is 21.6 Å². The molecule has 4 unspecified atom stereocenters. The second-order valence-electron chi connectivity index (χ2n) is 13.1. The Bertz CT molecular complexity index is 1230. The molecule has 2 aromatic carbocycles. The van der Waals surface area contributed by atoms with Crippen LogP contribution in [-0.2, 0) is 18.7 Å². The fourth-order valence-electron chi connectivity index (χ4n) is 7.03. The van der Waals surface area contributed by atoms with Crippen molar-refractivity contribution in [2.45, 2.75) is 99.4 Å². The molecule has 0 spiro atoms. The van der Waals surface area contributed by atoms with Gasteiger partial charge in [-0.3, -0.25) is 9.59 Å². The Labute approximate surface area is 236 Å². The summed E-state index contributed by atoms with van der Waals surface area (Å²) in [6, 6.07) is 19.1. The topological polar surface area (TPSA) is 68.3 Å². The minimum atomic E-state index is -3.07. The molecule has 0 bridgehead atoms. The van der Waals surface area contributed by atoms with Gasteiger partial charge in [0.05, 0.1) is 10.5 Å². The van der Waals surface area contributed by atoms with Gasteiger partial charge in [-0.15, -0.1) is 0 Å². The molecule has 8 heteroatoms. The summed E-state index contributed by atoms with van der Waals surface area (Å²) in [5, 5.41) is -2.52. The lowest BCUT2D eigenvalue weighted by atomic mass is 9.96. The molecule has 0 saturated carbocycles. The van der Waals surface area contributed by atoms with Crippen molar-refractivity contribution in [1.29, 1.82) is 0 Å². The van der Waals surface area contributed by atoms with E-state index in [9.17, 15) is 9.59 Å². The molecule has 4 rings (SSSR count). The van der Waals surface area contributed by atoms with Crippen LogP contribution in [0.2, 0.25) is 0 Å². The fourth-order valence-corrected chi connectivity index (χ4v) is 21.2. The fraction of sp³-hybridized carbons (Fsp3) is 0.533. The lowest BCUT2D eigenvalue weighted by Gasteiger charge is -2.53. The average Bonchev–Trinajstić information content (AvgIpc) is 2.83. The van der Waals surface area contributed by atoms with Crippen LogP contribution in [0, 0.1) is 0 Å². The third kappa shape index (κ3) is 4.20. The zero-order valence-corrected chi connectivity index (χ0v) is 27.1. The van der Waals surface area contributed by atoms with Gasteiger partial charge in [-0.05, 0) is 0 Å². The van der Waals surface area contributed by atoms with Crippen LogP contribution in [0.25, 0.3) is 0 Å². The van der Waals surface area contributed by atoms with E-state index in [0.717, 1.165) is 10.6 Å². The SMILES string of the molecule is CC1(C)CC(=O)C(SSC2C(=O)CC(C)(C)P(=O)(c3ccccc3)C2(C)C)C(C)(C)P1(=O)c1ccccc1. The van der Waals surface area contributed by atoms with Crippen LogP contribution < -0.4 is 10.6 Å². The molecule has 2 aliphatic rings. The van der Waals surface area contributed by atoms with E-state index in [1.54, 1.807) is 0 Å². The molecule has 4 nitrogen and oxygen atoms in total. The first-order chi connectivity index (χ1) is 17.4. The molecule has 206 valence electrons. The van der Waals surface area contributed by atoms with E-state index in [-0.39, 0.29) is 24.4 Å². The third-order valence-electron chi connectivity index (χ3n) is 8.90. The van der Waals surface area contributed by atoms with E-state index in [0.29, 0.717) is 0 Å². The second-order valence-corrected chi connectivity index (χ2v) is 23.7. The summed E-state index contributed by atoms with van der Waals surface area (Å²) in [6.07, 6.45) is 0.441. The van der Waals surface area contributed by atoms with Crippen molar-refractivity contribution in [3.05, 3.63) is 60.7 Å². The van der Waals surface area contributed by atoms with Crippen molar-refractivity contribution in [3.8, 4) is 0 Å². The zero-order chi connectivity index (χ0) is 28.4. The first kappa shape index (κ1) is 29.9. The van der Waals surface area contributed by atoms with Crippen LogP contribution in [0.4, 0.5) is 0 Å². The van der Waals surface area contributed by atoms with E-state index in [4.69, 9.17) is 0 Å².